The summed E-state index contributed by atoms with van der Waals surface area (Å²) in [5.74, 6) is 0. The highest BCUT2D eigenvalue weighted by atomic mass is 19.3. The first-order valence-electron chi connectivity index (χ1n) is 5.97. The van der Waals surface area contributed by atoms with E-state index in [0.29, 0.717) is 19.2 Å². The molecule has 0 amide bonds. The van der Waals surface area contributed by atoms with E-state index in [9.17, 15) is 8.78 Å². The molecule has 3 nitrogen and oxygen atoms in total. The minimum atomic E-state index is -2.36. The number of likely N-dealkylation sites (N-methyl/N-ethyl adjacent to an activating group) is 1. The van der Waals surface area contributed by atoms with Gasteiger partial charge in [-0.15, -0.1) is 0 Å². The molecule has 0 saturated carbocycles. The van der Waals surface area contributed by atoms with Crippen LogP contribution in [0.4, 0.5) is 8.78 Å². The number of alkyl halides is 2. The lowest BCUT2D eigenvalue weighted by Crippen LogP contribution is -2.43. The van der Waals surface area contributed by atoms with Crippen molar-refractivity contribution in [2.45, 2.75) is 31.7 Å². The van der Waals surface area contributed by atoms with Crippen LogP contribution < -0.4 is 5.32 Å². The van der Waals surface area contributed by atoms with Gasteiger partial charge < -0.3 is 15.0 Å². The van der Waals surface area contributed by atoms with Gasteiger partial charge in [-0.1, -0.05) is 6.42 Å². The summed E-state index contributed by atoms with van der Waals surface area (Å²) < 4.78 is 28.3. The third kappa shape index (κ3) is 5.72. The fraction of sp³-hybridized carbons (Fsp3) is 1.00. The predicted octanol–water partition coefficient (Wildman–Crippen LogP) is 1.34. The van der Waals surface area contributed by atoms with Crippen molar-refractivity contribution in [3.63, 3.8) is 0 Å². The Kier molecular flexibility index (Phi) is 6.84. The summed E-state index contributed by atoms with van der Waals surface area (Å²) in [7, 11) is 2.14. The van der Waals surface area contributed by atoms with Crippen LogP contribution >= 0.6 is 0 Å². The van der Waals surface area contributed by atoms with Crippen LogP contribution in [0.25, 0.3) is 0 Å². The van der Waals surface area contributed by atoms with Crippen LogP contribution in [0, 0.1) is 0 Å². The Labute approximate surface area is 96.1 Å². The number of likely N-dealkylation sites (tertiary alicyclic amines) is 1. The summed E-state index contributed by atoms with van der Waals surface area (Å²) in [6, 6.07) is 0.587. The van der Waals surface area contributed by atoms with Gasteiger partial charge in [0.25, 0.3) is 6.43 Å². The number of nitrogens with one attached hydrogen (secondary N) is 1. The number of hydrogen-bond acceptors (Lipinski definition) is 3. The van der Waals surface area contributed by atoms with Gasteiger partial charge in [0.2, 0.25) is 0 Å². The molecule has 0 aromatic carbocycles. The van der Waals surface area contributed by atoms with E-state index in [1.54, 1.807) is 0 Å². The molecule has 1 atom stereocenters. The van der Waals surface area contributed by atoms with Gasteiger partial charge in [0.15, 0.2) is 0 Å². The number of ether oxygens (including phenoxy) is 1. The first-order valence-corrected chi connectivity index (χ1v) is 5.97. The van der Waals surface area contributed by atoms with Crippen molar-refractivity contribution < 1.29 is 13.5 Å². The molecular formula is C11H22F2N2O. The minimum Gasteiger partial charge on any atom is -0.374 e. The van der Waals surface area contributed by atoms with Crippen molar-refractivity contribution in [3.05, 3.63) is 0 Å². The molecule has 1 aliphatic heterocycles. The van der Waals surface area contributed by atoms with Crippen LogP contribution in [-0.4, -0.2) is 57.3 Å². The van der Waals surface area contributed by atoms with E-state index in [-0.39, 0.29) is 0 Å². The Bertz CT molecular complexity index is 181. The molecular weight excluding hydrogens is 214 g/mol. The summed E-state index contributed by atoms with van der Waals surface area (Å²) in [5.41, 5.74) is 0. The highest BCUT2D eigenvalue weighted by molar-refractivity contribution is 4.75. The predicted molar refractivity (Wildman–Crippen MR) is 60.0 cm³/mol. The molecule has 1 rings (SSSR count). The molecule has 0 radical (unpaired) electrons. The fourth-order valence-electron chi connectivity index (χ4n) is 1.99. The van der Waals surface area contributed by atoms with Crippen molar-refractivity contribution in [3.8, 4) is 0 Å². The lowest BCUT2D eigenvalue weighted by Gasteiger charge is -2.32. The van der Waals surface area contributed by atoms with Gasteiger partial charge >= 0.3 is 0 Å². The monoisotopic (exact) mass is 236 g/mol. The summed E-state index contributed by atoms with van der Waals surface area (Å²) >= 11 is 0. The molecule has 0 aromatic rings. The van der Waals surface area contributed by atoms with E-state index >= 15 is 0 Å². The van der Waals surface area contributed by atoms with Crippen LogP contribution in [0.1, 0.15) is 19.3 Å². The average Bonchev–Trinajstić information content (AvgIpc) is 2.25. The summed E-state index contributed by atoms with van der Waals surface area (Å²) in [5, 5.41) is 3.25. The molecule has 0 spiro atoms. The molecule has 1 aliphatic rings. The van der Waals surface area contributed by atoms with E-state index in [2.05, 4.69) is 17.3 Å². The molecule has 0 aromatic heterocycles. The van der Waals surface area contributed by atoms with Gasteiger partial charge in [0.1, 0.15) is 6.61 Å². The largest absolute Gasteiger partial charge is 0.374 e. The fourth-order valence-corrected chi connectivity index (χ4v) is 1.99. The molecule has 1 heterocycles. The average molecular weight is 236 g/mol. The van der Waals surface area contributed by atoms with Gasteiger partial charge in [-0.2, -0.15) is 0 Å². The highest BCUT2D eigenvalue weighted by Gasteiger charge is 2.17. The standard InChI is InChI=1S/C11H22F2N2O/c1-15-6-3-2-4-10(15)8-14-5-7-16-9-11(12)13/h10-11,14H,2-9H2,1H3. The quantitative estimate of drug-likeness (QED) is 0.675. The van der Waals surface area contributed by atoms with Crippen LogP contribution in [0.3, 0.4) is 0 Å². The second-order valence-electron chi connectivity index (χ2n) is 4.30. The third-order valence-corrected chi connectivity index (χ3v) is 2.97. The number of nitrogens with zero attached hydrogens (tertiary/aromatic N) is 1. The van der Waals surface area contributed by atoms with Crippen molar-refractivity contribution in [1.82, 2.24) is 10.2 Å². The van der Waals surface area contributed by atoms with Crippen molar-refractivity contribution in [1.29, 1.82) is 0 Å². The van der Waals surface area contributed by atoms with Crippen LogP contribution in [0.15, 0.2) is 0 Å². The lowest BCUT2D eigenvalue weighted by atomic mass is 10.0. The van der Waals surface area contributed by atoms with Crippen molar-refractivity contribution in [2.75, 3.05) is 39.9 Å². The zero-order valence-corrected chi connectivity index (χ0v) is 9.92. The normalized spacial score (nSPS) is 22.9. The Balaban J connectivity index is 1.94. The second-order valence-corrected chi connectivity index (χ2v) is 4.30. The molecule has 1 unspecified atom stereocenters. The summed E-state index contributed by atoms with van der Waals surface area (Å²) in [6.07, 6.45) is 1.44. The zero-order valence-electron chi connectivity index (χ0n) is 9.92. The molecule has 16 heavy (non-hydrogen) atoms. The Morgan fingerprint density at radius 3 is 2.94 bits per heavy atom. The van der Waals surface area contributed by atoms with Gasteiger partial charge in [-0.3, -0.25) is 0 Å². The van der Waals surface area contributed by atoms with Gasteiger partial charge in [-0.25, -0.2) is 8.78 Å². The van der Waals surface area contributed by atoms with Gasteiger partial charge in [0, 0.05) is 19.1 Å². The van der Waals surface area contributed by atoms with E-state index in [4.69, 9.17) is 4.74 Å². The smallest absolute Gasteiger partial charge is 0.261 e. The number of halogens is 2. The maximum Gasteiger partial charge on any atom is 0.261 e. The third-order valence-electron chi connectivity index (χ3n) is 2.97. The minimum absolute atomic E-state index is 0.362. The van der Waals surface area contributed by atoms with E-state index in [1.807, 2.05) is 0 Å². The number of hydrogen-bond donors (Lipinski definition) is 1. The summed E-state index contributed by atoms with van der Waals surface area (Å²) in [6.45, 7) is 2.64. The molecule has 5 heteroatoms. The number of rotatable bonds is 7. The van der Waals surface area contributed by atoms with Crippen molar-refractivity contribution in [2.24, 2.45) is 0 Å². The number of piperidine rings is 1. The molecule has 96 valence electrons. The maximum absolute atomic E-state index is 11.7. The molecule has 1 N–H and O–H groups in total. The van der Waals surface area contributed by atoms with E-state index in [0.717, 1.165) is 13.1 Å². The van der Waals surface area contributed by atoms with E-state index < -0.39 is 13.0 Å². The Morgan fingerprint density at radius 2 is 2.25 bits per heavy atom. The topological polar surface area (TPSA) is 24.5 Å². The van der Waals surface area contributed by atoms with Crippen molar-refractivity contribution >= 4 is 0 Å². The second kappa shape index (κ2) is 7.92. The molecule has 1 saturated heterocycles. The first kappa shape index (κ1) is 13.8. The highest BCUT2D eigenvalue weighted by Crippen LogP contribution is 2.13. The lowest BCUT2D eigenvalue weighted by molar-refractivity contribution is 0.0183. The first-order chi connectivity index (χ1) is 7.70. The SMILES string of the molecule is CN1CCCCC1CNCCOCC(F)F. The maximum atomic E-state index is 11.7. The van der Waals surface area contributed by atoms with Gasteiger partial charge in [-0.05, 0) is 26.4 Å². The zero-order chi connectivity index (χ0) is 11.8. The van der Waals surface area contributed by atoms with Crippen LogP contribution in [-0.2, 0) is 4.74 Å². The van der Waals surface area contributed by atoms with E-state index in [1.165, 1.54) is 19.3 Å². The Hall–Kier alpha value is -0.260. The van der Waals surface area contributed by atoms with Crippen LogP contribution in [0.2, 0.25) is 0 Å². The molecule has 0 aliphatic carbocycles. The van der Waals surface area contributed by atoms with Crippen LogP contribution in [0.5, 0.6) is 0 Å². The molecule has 1 fully saturated rings. The molecule has 0 bridgehead atoms. The summed E-state index contributed by atoms with van der Waals surface area (Å²) in [4.78, 5) is 2.36. The van der Waals surface area contributed by atoms with Gasteiger partial charge in [0.05, 0.1) is 6.61 Å². The Morgan fingerprint density at radius 1 is 1.44 bits per heavy atom.